The number of aliphatic hydroxyl groups excluding tert-OH is 1. The molecule has 38 heavy (non-hydrogen) atoms. The molecule has 3 saturated heterocycles. The number of hydrogen-bond donors (Lipinski definition) is 1. The number of ether oxygens (including phenoxy) is 5. The van der Waals surface area contributed by atoms with Gasteiger partial charge >= 0.3 is 23.9 Å². The Labute approximate surface area is 219 Å². The molecule has 10 unspecified atom stereocenters. The van der Waals surface area contributed by atoms with Gasteiger partial charge in [-0.1, -0.05) is 13.8 Å². The van der Waals surface area contributed by atoms with Gasteiger partial charge in [0.25, 0.3) is 0 Å². The van der Waals surface area contributed by atoms with Crippen molar-refractivity contribution in [2.24, 2.45) is 28.1 Å². The van der Waals surface area contributed by atoms with Crippen LogP contribution < -0.4 is 0 Å². The van der Waals surface area contributed by atoms with E-state index in [4.69, 9.17) is 23.7 Å². The largest absolute Gasteiger partial charge is 0.462 e. The number of hydrogen-bond acceptors (Lipinski definition) is 11. The molecule has 5 fully saturated rings. The lowest BCUT2D eigenvalue weighted by Gasteiger charge is -2.65. The SMILES string of the molecule is CC(=O)OC1CC2C(C)(C)OC(=O)C2(C(C)=O)C2CCC3(C)C(C4=CC(O)OC4=O)OC(=O)C4OC43C12C. The first-order valence-electron chi connectivity index (χ1n) is 13.0. The maximum Gasteiger partial charge on any atom is 0.340 e. The molecule has 4 heterocycles. The molecule has 0 amide bonds. The molecule has 6 aliphatic rings. The number of rotatable bonds is 3. The molecule has 0 bridgehead atoms. The van der Waals surface area contributed by atoms with Gasteiger partial charge in [-0.25, -0.2) is 9.59 Å². The minimum atomic E-state index is -1.53. The molecular formula is C27H32O11. The van der Waals surface area contributed by atoms with E-state index in [9.17, 15) is 29.1 Å². The van der Waals surface area contributed by atoms with E-state index >= 15 is 0 Å². The van der Waals surface area contributed by atoms with Crippen molar-refractivity contribution < 1.29 is 52.8 Å². The average molecular weight is 533 g/mol. The Hall–Kier alpha value is -2.79. The predicted octanol–water partition coefficient (Wildman–Crippen LogP) is 1.14. The van der Waals surface area contributed by atoms with Crippen molar-refractivity contribution in [3.63, 3.8) is 0 Å². The fraction of sp³-hybridized carbons (Fsp3) is 0.741. The zero-order chi connectivity index (χ0) is 27.8. The van der Waals surface area contributed by atoms with Gasteiger partial charge in [0, 0.05) is 23.7 Å². The quantitative estimate of drug-likeness (QED) is 0.241. The Balaban J connectivity index is 1.58. The van der Waals surface area contributed by atoms with Crippen LogP contribution in [0.2, 0.25) is 0 Å². The number of aliphatic hydroxyl groups is 1. The normalized spacial score (nSPS) is 49.8. The van der Waals surface area contributed by atoms with Crippen molar-refractivity contribution in [2.75, 3.05) is 0 Å². The minimum Gasteiger partial charge on any atom is -0.462 e. The van der Waals surface area contributed by atoms with Crippen LogP contribution in [0, 0.1) is 28.1 Å². The number of ketones is 1. The predicted molar refractivity (Wildman–Crippen MR) is 124 cm³/mol. The van der Waals surface area contributed by atoms with Crippen molar-refractivity contribution in [3.05, 3.63) is 11.6 Å². The summed E-state index contributed by atoms with van der Waals surface area (Å²) in [7, 11) is 0. The number of carbonyl (C=O) groups is 5. The second-order valence-corrected chi connectivity index (χ2v) is 12.6. The lowest BCUT2D eigenvalue weighted by atomic mass is 9.37. The molecule has 11 nitrogen and oxygen atoms in total. The van der Waals surface area contributed by atoms with Crippen LogP contribution in [0.5, 0.6) is 0 Å². The third-order valence-corrected chi connectivity index (χ3v) is 10.7. The summed E-state index contributed by atoms with van der Waals surface area (Å²) in [5, 5.41) is 9.94. The molecule has 1 N–H and O–H groups in total. The molecule has 2 aliphatic carbocycles. The van der Waals surface area contributed by atoms with Gasteiger partial charge in [-0.15, -0.1) is 0 Å². The van der Waals surface area contributed by atoms with Gasteiger partial charge < -0.3 is 28.8 Å². The number of cyclic esters (lactones) is 3. The van der Waals surface area contributed by atoms with E-state index in [0.717, 1.165) is 0 Å². The molecule has 0 aromatic rings. The first kappa shape index (κ1) is 25.5. The summed E-state index contributed by atoms with van der Waals surface area (Å²) < 4.78 is 28.7. The molecule has 206 valence electrons. The maximum atomic E-state index is 13.7. The fourth-order valence-electron chi connectivity index (χ4n) is 9.25. The van der Waals surface area contributed by atoms with Gasteiger partial charge in [0.05, 0.1) is 5.57 Å². The van der Waals surface area contributed by atoms with Crippen LogP contribution in [0.1, 0.15) is 60.8 Å². The van der Waals surface area contributed by atoms with E-state index in [0.29, 0.717) is 12.8 Å². The molecule has 10 atom stereocenters. The van der Waals surface area contributed by atoms with Crippen molar-refractivity contribution in [2.45, 2.75) is 96.6 Å². The fourth-order valence-corrected chi connectivity index (χ4v) is 9.25. The van der Waals surface area contributed by atoms with Crippen LogP contribution in [-0.4, -0.2) is 70.6 Å². The van der Waals surface area contributed by atoms with Crippen LogP contribution >= 0.6 is 0 Å². The van der Waals surface area contributed by atoms with E-state index < -0.39 is 87.8 Å². The van der Waals surface area contributed by atoms with Gasteiger partial charge in [0.1, 0.15) is 34.6 Å². The highest BCUT2D eigenvalue weighted by molar-refractivity contribution is 6.05. The molecule has 1 spiro atoms. The van der Waals surface area contributed by atoms with E-state index in [1.54, 1.807) is 13.8 Å². The summed E-state index contributed by atoms with van der Waals surface area (Å²) in [6.07, 6.45) is -2.50. The molecule has 0 aromatic heterocycles. The molecule has 6 rings (SSSR count). The van der Waals surface area contributed by atoms with Gasteiger partial charge in [-0.05, 0) is 52.0 Å². The Bertz CT molecular complexity index is 1240. The molecule has 0 aromatic carbocycles. The van der Waals surface area contributed by atoms with Gasteiger partial charge in [0.15, 0.2) is 6.10 Å². The third kappa shape index (κ3) is 2.60. The summed E-state index contributed by atoms with van der Waals surface area (Å²) in [6.45, 7) is 9.83. The molecule has 4 aliphatic heterocycles. The highest BCUT2D eigenvalue weighted by Gasteiger charge is 2.91. The summed E-state index contributed by atoms with van der Waals surface area (Å²) in [5.41, 5.74) is -6.10. The van der Waals surface area contributed by atoms with Crippen LogP contribution in [0.3, 0.4) is 0 Å². The zero-order valence-electron chi connectivity index (χ0n) is 22.2. The summed E-state index contributed by atoms with van der Waals surface area (Å²) >= 11 is 0. The molecular weight excluding hydrogens is 500 g/mol. The highest BCUT2D eigenvalue weighted by atomic mass is 16.7. The van der Waals surface area contributed by atoms with E-state index in [1.807, 2.05) is 13.8 Å². The van der Waals surface area contributed by atoms with Crippen LogP contribution in [-0.2, 0) is 47.7 Å². The number of esters is 4. The number of carbonyl (C=O) groups excluding carboxylic acids is 5. The lowest BCUT2D eigenvalue weighted by molar-refractivity contribution is -0.241. The van der Waals surface area contributed by atoms with Crippen molar-refractivity contribution >= 4 is 29.7 Å². The Morgan fingerprint density at radius 3 is 2.29 bits per heavy atom. The zero-order valence-corrected chi connectivity index (χ0v) is 22.2. The van der Waals surface area contributed by atoms with Crippen molar-refractivity contribution in [3.8, 4) is 0 Å². The maximum absolute atomic E-state index is 13.7. The Morgan fingerprint density at radius 2 is 1.71 bits per heavy atom. The molecule has 2 saturated carbocycles. The van der Waals surface area contributed by atoms with Crippen molar-refractivity contribution in [1.82, 2.24) is 0 Å². The summed E-state index contributed by atoms with van der Waals surface area (Å²) in [5.74, 6) is -4.28. The average Bonchev–Trinajstić information content (AvgIpc) is 3.44. The number of Topliss-reactive ketones (excluding diaryl/α,β-unsaturated/α-hetero) is 1. The van der Waals surface area contributed by atoms with E-state index in [-0.39, 0.29) is 17.8 Å². The Morgan fingerprint density at radius 1 is 1.03 bits per heavy atom. The highest BCUT2D eigenvalue weighted by Crippen LogP contribution is 2.79. The van der Waals surface area contributed by atoms with E-state index in [1.165, 1.54) is 19.9 Å². The second kappa shape index (κ2) is 7.24. The number of epoxide rings is 1. The first-order valence-corrected chi connectivity index (χ1v) is 13.0. The van der Waals surface area contributed by atoms with Crippen LogP contribution in [0.25, 0.3) is 0 Å². The smallest absolute Gasteiger partial charge is 0.340 e. The first-order chi connectivity index (χ1) is 17.6. The van der Waals surface area contributed by atoms with Crippen LogP contribution in [0.15, 0.2) is 11.6 Å². The summed E-state index contributed by atoms with van der Waals surface area (Å²) in [6, 6.07) is 0. The Kier molecular flexibility index (Phi) is 4.85. The van der Waals surface area contributed by atoms with Crippen molar-refractivity contribution in [1.29, 1.82) is 0 Å². The molecule has 0 radical (unpaired) electrons. The standard InChI is InChI=1S/C27H32O11/c1-11(28)26-14-7-8-24(5)18(13-9-17(30)35-20(13)31)36-21(32)19-27(24,37-19)25(14,6)16(34-12(2)29)10-15(26)23(3,4)38-22(26)33/h9,14-19,30H,7-8,10H2,1-6H3. The monoisotopic (exact) mass is 532 g/mol. The number of fused-ring (bicyclic) bond motifs is 3. The van der Waals surface area contributed by atoms with Gasteiger partial charge in [-0.2, -0.15) is 0 Å². The molecule has 11 heteroatoms. The topological polar surface area (TPSA) is 155 Å². The van der Waals surface area contributed by atoms with Crippen LogP contribution in [0.4, 0.5) is 0 Å². The second-order valence-electron chi connectivity index (χ2n) is 12.6. The summed E-state index contributed by atoms with van der Waals surface area (Å²) in [4.78, 5) is 65.6. The minimum absolute atomic E-state index is 0.00383. The van der Waals surface area contributed by atoms with Gasteiger partial charge in [-0.3, -0.25) is 14.4 Å². The van der Waals surface area contributed by atoms with Gasteiger partial charge in [0.2, 0.25) is 6.29 Å². The third-order valence-electron chi connectivity index (χ3n) is 10.7. The van der Waals surface area contributed by atoms with E-state index in [2.05, 4.69) is 0 Å². The lowest BCUT2D eigenvalue weighted by Crippen LogP contribution is -2.75.